The summed E-state index contributed by atoms with van der Waals surface area (Å²) in [6.07, 6.45) is -2.61. The summed E-state index contributed by atoms with van der Waals surface area (Å²) in [4.78, 5) is 25.3. The molecule has 0 bridgehead atoms. The van der Waals surface area contributed by atoms with Crippen molar-refractivity contribution in [2.24, 2.45) is 5.73 Å². The van der Waals surface area contributed by atoms with E-state index in [9.17, 15) is 22.8 Å². The van der Waals surface area contributed by atoms with Crippen molar-refractivity contribution in [1.82, 2.24) is 0 Å². The molecule has 3 rings (SSSR count). The predicted octanol–water partition coefficient (Wildman–Crippen LogP) is 4.05. The largest absolute Gasteiger partial charge is 0.416 e. The number of carbonyl (C=O) groups is 2. The maximum absolute atomic E-state index is 13.1. The number of nitrogens with two attached hydrogens (primary N) is 1. The molecule has 0 aromatic heterocycles. The Hall–Kier alpha value is -3.23. The number of primary amides is 1. The van der Waals surface area contributed by atoms with Gasteiger partial charge >= 0.3 is 12.2 Å². The first-order valence-corrected chi connectivity index (χ1v) is 8.68. The van der Waals surface area contributed by atoms with Crippen LogP contribution >= 0.6 is 0 Å². The lowest BCUT2D eigenvalue weighted by Crippen LogP contribution is -2.22. The van der Waals surface area contributed by atoms with E-state index in [0.717, 1.165) is 38.1 Å². The van der Waals surface area contributed by atoms with Crippen LogP contribution in [0.4, 0.5) is 35.0 Å². The Kier molecular flexibility index (Phi) is 5.43. The molecule has 0 atom stereocenters. The molecule has 2 aromatic rings. The molecule has 4 N–H and O–H groups in total. The Balaban J connectivity index is 1.86. The number of halogens is 3. The lowest BCUT2D eigenvalue weighted by molar-refractivity contribution is -0.137. The number of hydrogen-bond donors (Lipinski definition) is 3. The fourth-order valence-corrected chi connectivity index (χ4v) is 3.09. The fourth-order valence-electron chi connectivity index (χ4n) is 3.09. The summed E-state index contributed by atoms with van der Waals surface area (Å²) in [6, 6.07) is 8.48. The number of nitrogens with one attached hydrogen (secondary N) is 2. The predicted molar refractivity (Wildman–Crippen MR) is 100 cm³/mol. The van der Waals surface area contributed by atoms with E-state index >= 15 is 0 Å². The number of urea groups is 1. The normalized spacial score (nSPS) is 14.0. The molecule has 0 unspecified atom stereocenters. The molecular formula is C19H19F3N4O2. The molecule has 0 aliphatic carbocycles. The maximum atomic E-state index is 13.1. The van der Waals surface area contributed by atoms with Gasteiger partial charge in [0, 0.05) is 24.3 Å². The van der Waals surface area contributed by atoms with E-state index < -0.39 is 23.7 Å². The summed E-state index contributed by atoms with van der Waals surface area (Å²) in [7, 11) is 0. The van der Waals surface area contributed by atoms with Gasteiger partial charge in [-0.2, -0.15) is 13.2 Å². The Bertz CT molecular complexity index is 876. The zero-order chi connectivity index (χ0) is 20.3. The minimum Gasteiger partial charge on any atom is -0.370 e. The molecule has 0 spiro atoms. The van der Waals surface area contributed by atoms with Crippen molar-refractivity contribution < 1.29 is 22.8 Å². The fraction of sp³-hybridized carbons (Fsp3) is 0.263. The van der Waals surface area contributed by atoms with E-state index in [1.807, 2.05) is 4.90 Å². The Morgan fingerprint density at radius 1 is 0.964 bits per heavy atom. The van der Waals surface area contributed by atoms with Crippen LogP contribution in [0.2, 0.25) is 0 Å². The molecule has 1 saturated heterocycles. The highest BCUT2D eigenvalue weighted by atomic mass is 19.4. The molecule has 1 fully saturated rings. The molecule has 0 saturated carbocycles. The van der Waals surface area contributed by atoms with E-state index in [4.69, 9.17) is 5.73 Å². The van der Waals surface area contributed by atoms with Gasteiger partial charge in [-0.1, -0.05) is 0 Å². The highest BCUT2D eigenvalue weighted by Gasteiger charge is 2.32. The highest BCUT2D eigenvalue weighted by molar-refractivity contribution is 6.06. The van der Waals surface area contributed by atoms with Gasteiger partial charge in [0.1, 0.15) is 0 Å². The van der Waals surface area contributed by atoms with Crippen molar-refractivity contribution in [2.75, 3.05) is 28.6 Å². The Labute approximate surface area is 159 Å². The first-order chi connectivity index (χ1) is 13.2. The van der Waals surface area contributed by atoms with Crippen LogP contribution in [0.15, 0.2) is 42.5 Å². The molecule has 1 aliphatic heterocycles. The van der Waals surface area contributed by atoms with Crippen LogP contribution < -0.4 is 21.3 Å². The number of benzene rings is 2. The third-order valence-electron chi connectivity index (χ3n) is 4.43. The Morgan fingerprint density at radius 3 is 2.18 bits per heavy atom. The van der Waals surface area contributed by atoms with Crippen molar-refractivity contribution >= 4 is 29.0 Å². The van der Waals surface area contributed by atoms with Crippen LogP contribution in [0.1, 0.15) is 28.8 Å². The van der Waals surface area contributed by atoms with Crippen molar-refractivity contribution in [2.45, 2.75) is 19.0 Å². The van der Waals surface area contributed by atoms with Gasteiger partial charge in [0.25, 0.3) is 5.91 Å². The second kappa shape index (κ2) is 7.79. The first-order valence-electron chi connectivity index (χ1n) is 8.68. The second-order valence-corrected chi connectivity index (χ2v) is 6.44. The monoisotopic (exact) mass is 392 g/mol. The Morgan fingerprint density at radius 2 is 1.61 bits per heavy atom. The lowest BCUT2D eigenvalue weighted by atomic mass is 10.1. The van der Waals surface area contributed by atoms with Gasteiger partial charge in [0.15, 0.2) is 0 Å². The minimum absolute atomic E-state index is 0.112. The van der Waals surface area contributed by atoms with Gasteiger partial charge in [0.05, 0.1) is 16.9 Å². The molecular weight excluding hydrogens is 373 g/mol. The molecule has 148 valence electrons. The van der Waals surface area contributed by atoms with Gasteiger partial charge < -0.3 is 21.3 Å². The number of carbonyl (C=O) groups excluding carboxylic acids is 2. The van der Waals surface area contributed by atoms with Gasteiger partial charge in [0.2, 0.25) is 0 Å². The number of hydrogen-bond acceptors (Lipinski definition) is 3. The van der Waals surface area contributed by atoms with Crippen LogP contribution in [-0.2, 0) is 6.18 Å². The van der Waals surface area contributed by atoms with E-state index in [1.54, 1.807) is 0 Å². The van der Waals surface area contributed by atoms with E-state index in [-0.39, 0.29) is 11.3 Å². The zero-order valence-electron chi connectivity index (χ0n) is 14.8. The molecule has 2 aromatic carbocycles. The quantitative estimate of drug-likeness (QED) is 0.734. The molecule has 1 heterocycles. The number of anilines is 3. The number of alkyl halides is 3. The number of rotatable bonds is 4. The van der Waals surface area contributed by atoms with Crippen molar-refractivity contribution in [3.63, 3.8) is 0 Å². The SMILES string of the molecule is NC(=O)Nc1ccc(C(=O)Nc2cc(C(F)(F)F)ccc2N2CCCC2)cc1. The summed E-state index contributed by atoms with van der Waals surface area (Å²) in [5.41, 5.74) is 5.51. The maximum Gasteiger partial charge on any atom is 0.416 e. The summed E-state index contributed by atoms with van der Waals surface area (Å²) in [5, 5.41) is 4.95. The smallest absolute Gasteiger partial charge is 0.370 e. The van der Waals surface area contributed by atoms with Crippen molar-refractivity contribution in [1.29, 1.82) is 0 Å². The third-order valence-corrected chi connectivity index (χ3v) is 4.43. The first kappa shape index (κ1) is 19.5. The zero-order valence-corrected chi connectivity index (χ0v) is 14.8. The average molecular weight is 392 g/mol. The molecule has 1 aliphatic rings. The molecule has 3 amide bonds. The molecule has 0 radical (unpaired) electrons. The number of amides is 3. The summed E-state index contributed by atoms with van der Waals surface area (Å²) < 4.78 is 39.3. The van der Waals surface area contributed by atoms with Gasteiger partial charge in [-0.3, -0.25) is 4.79 Å². The molecule has 6 nitrogen and oxygen atoms in total. The highest BCUT2D eigenvalue weighted by Crippen LogP contribution is 2.36. The van der Waals surface area contributed by atoms with E-state index in [2.05, 4.69) is 10.6 Å². The van der Waals surface area contributed by atoms with Crippen LogP contribution in [0.3, 0.4) is 0 Å². The minimum atomic E-state index is -4.51. The lowest BCUT2D eigenvalue weighted by Gasteiger charge is -2.23. The van der Waals surface area contributed by atoms with Crippen LogP contribution in [0, 0.1) is 0 Å². The summed E-state index contributed by atoms with van der Waals surface area (Å²) in [5.74, 6) is -0.551. The number of nitrogens with zero attached hydrogens (tertiary/aromatic N) is 1. The van der Waals surface area contributed by atoms with Crippen LogP contribution in [0.25, 0.3) is 0 Å². The average Bonchev–Trinajstić information content (AvgIpc) is 3.15. The van der Waals surface area contributed by atoms with Gasteiger partial charge in [-0.15, -0.1) is 0 Å². The van der Waals surface area contributed by atoms with Gasteiger partial charge in [-0.05, 0) is 55.3 Å². The second-order valence-electron chi connectivity index (χ2n) is 6.44. The van der Waals surface area contributed by atoms with Crippen LogP contribution in [0.5, 0.6) is 0 Å². The third kappa shape index (κ3) is 4.54. The van der Waals surface area contributed by atoms with Crippen molar-refractivity contribution in [3.8, 4) is 0 Å². The molecule has 28 heavy (non-hydrogen) atoms. The van der Waals surface area contributed by atoms with E-state index in [0.29, 0.717) is 11.4 Å². The van der Waals surface area contributed by atoms with Crippen LogP contribution in [-0.4, -0.2) is 25.0 Å². The van der Waals surface area contributed by atoms with Crippen molar-refractivity contribution in [3.05, 3.63) is 53.6 Å². The summed E-state index contributed by atoms with van der Waals surface area (Å²) >= 11 is 0. The summed E-state index contributed by atoms with van der Waals surface area (Å²) in [6.45, 7) is 1.45. The van der Waals surface area contributed by atoms with Gasteiger partial charge in [-0.25, -0.2) is 4.79 Å². The molecule has 9 heteroatoms. The standard InChI is InChI=1S/C19H19F3N4O2/c20-19(21,22)13-5-8-16(26-9-1-2-10-26)15(11-13)25-17(27)12-3-6-14(7-4-12)24-18(23)28/h3-8,11H,1-2,9-10H2,(H,25,27)(H3,23,24,28). The van der Waals surface area contributed by atoms with E-state index in [1.165, 1.54) is 30.3 Å². The topological polar surface area (TPSA) is 87.5 Å².